The summed E-state index contributed by atoms with van der Waals surface area (Å²) in [4.78, 5) is 28.8. The maximum Gasteiger partial charge on any atom is 0.410 e. The zero-order chi connectivity index (χ0) is 33.4. The van der Waals surface area contributed by atoms with Crippen molar-refractivity contribution in [3.05, 3.63) is 54.3 Å². The Morgan fingerprint density at radius 1 is 1.02 bits per heavy atom. The molecule has 1 aromatic heterocycles. The zero-order valence-corrected chi connectivity index (χ0v) is 27.6. The fourth-order valence-corrected chi connectivity index (χ4v) is 8.48. The number of benzene rings is 3. The van der Waals surface area contributed by atoms with Crippen molar-refractivity contribution in [2.75, 3.05) is 37.7 Å². The summed E-state index contributed by atoms with van der Waals surface area (Å²) >= 11 is 0. The van der Waals surface area contributed by atoms with Crippen molar-refractivity contribution in [3.8, 4) is 22.9 Å². The molecule has 4 aliphatic rings. The van der Waals surface area contributed by atoms with Crippen molar-refractivity contribution in [2.24, 2.45) is 0 Å². The average Bonchev–Trinajstić information content (AvgIpc) is 3.65. The molecule has 11 heteroatoms. The van der Waals surface area contributed by atoms with Gasteiger partial charge in [-0.1, -0.05) is 30.3 Å². The molecule has 8 rings (SSSR count). The van der Waals surface area contributed by atoms with E-state index >= 15 is 4.39 Å². The predicted octanol–water partition coefficient (Wildman–Crippen LogP) is 6.84. The topological polar surface area (TPSA) is 91.3 Å². The molecule has 4 saturated heterocycles. The number of halogens is 2. The highest BCUT2D eigenvalue weighted by molar-refractivity contribution is 6.01. The number of fused-ring (bicyclic) bond motifs is 5. The van der Waals surface area contributed by atoms with Crippen LogP contribution in [0.1, 0.15) is 52.9 Å². The summed E-state index contributed by atoms with van der Waals surface area (Å²) in [7, 11) is 0. The number of aromatic nitrogens is 2. The third kappa shape index (κ3) is 5.36. The first-order valence-electron chi connectivity index (χ1n) is 17.0. The monoisotopic (exact) mass is 657 g/mol. The molecular weight excluding hydrogens is 616 g/mol. The van der Waals surface area contributed by atoms with Gasteiger partial charge in [-0.05, 0) is 87.5 Å². The highest BCUT2D eigenvalue weighted by Gasteiger charge is 2.50. The Balaban J connectivity index is 1.21. The molecular formula is C37H41F2N5O4. The maximum atomic E-state index is 16.9. The molecule has 9 nitrogen and oxygen atoms in total. The maximum absolute atomic E-state index is 16.9. The molecule has 4 aliphatic heterocycles. The Morgan fingerprint density at radius 2 is 1.79 bits per heavy atom. The van der Waals surface area contributed by atoms with Crippen molar-refractivity contribution >= 4 is 33.6 Å². The van der Waals surface area contributed by atoms with Gasteiger partial charge in [-0.25, -0.2) is 13.6 Å². The number of carbonyl (C=O) groups is 1. The van der Waals surface area contributed by atoms with Gasteiger partial charge in [0, 0.05) is 49.1 Å². The van der Waals surface area contributed by atoms with Gasteiger partial charge in [0.2, 0.25) is 0 Å². The number of ether oxygens (including phenoxy) is 2. The Bertz CT molecular complexity index is 1900. The number of alkyl halides is 1. The highest BCUT2D eigenvalue weighted by Crippen LogP contribution is 2.43. The SMILES string of the molecule is CC(C)(C)OC(=O)N1C[C@H]2CC[C@@H](C1)N2c1nc(OC[C@@]23CCCN2C[C@H](F)C3)nc2c(F)c(-c3cc(O)cc4ccccc34)ccc12. The third-order valence-corrected chi connectivity index (χ3v) is 10.5. The fourth-order valence-electron chi connectivity index (χ4n) is 8.48. The predicted molar refractivity (Wildman–Crippen MR) is 180 cm³/mol. The zero-order valence-electron chi connectivity index (χ0n) is 27.6. The van der Waals surface area contributed by atoms with E-state index in [4.69, 9.17) is 14.5 Å². The summed E-state index contributed by atoms with van der Waals surface area (Å²) in [5, 5.41) is 12.7. The number of amides is 1. The standard InChI is InChI=1S/C37H41F2N5O4/c1-36(2,3)48-35(46)42-19-24-9-10-25(20-42)44(24)33-29-12-11-28(30-16-26(45)15-22-7-4-5-8-27(22)30)31(39)32(29)40-34(41-33)47-21-37-13-6-14-43(37)18-23(38)17-37/h4-5,7-8,11-12,15-16,23-25,45H,6,9-10,13-14,17-21H2,1-3H3/t23-,24-,25+,37+/m1/s1. The quantitative estimate of drug-likeness (QED) is 0.250. The molecule has 0 radical (unpaired) electrons. The van der Waals surface area contributed by atoms with Gasteiger partial charge in [-0.15, -0.1) is 0 Å². The number of nitrogens with zero attached hydrogens (tertiary/aromatic N) is 5. The smallest absolute Gasteiger partial charge is 0.410 e. The molecule has 0 saturated carbocycles. The van der Waals surface area contributed by atoms with Crippen LogP contribution in [0.4, 0.5) is 19.4 Å². The number of phenols is 1. The minimum Gasteiger partial charge on any atom is -0.508 e. The lowest BCUT2D eigenvalue weighted by Crippen LogP contribution is -2.56. The number of piperazine rings is 1. The van der Waals surface area contributed by atoms with Crippen molar-refractivity contribution in [3.63, 3.8) is 0 Å². The third-order valence-electron chi connectivity index (χ3n) is 10.5. The lowest BCUT2D eigenvalue weighted by molar-refractivity contribution is 0.0209. The second-order valence-electron chi connectivity index (χ2n) is 14.9. The van der Waals surface area contributed by atoms with Crippen molar-refractivity contribution in [2.45, 2.75) is 82.3 Å². The van der Waals surface area contributed by atoms with Crippen molar-refractivity contribution in [1.82, 2.24) is 19.8 Å². The van der Waals surface area contributed by atoms with Crippen LogP contribution in [0.3, 0.4) is 0 Å². The van der Waals surface area contributed by atoms with Gasteiger partial charge in [-0.2, -0.15) is 9.97 Å². The summed E-state index contributed by atoms with van der Waals surface area (Å²) in [6, 6.07) is 14.3. The van der Waals surface area contributed by atoms with Crippen LogP contribution in [0.25, 0.3) is 32.8 Å². The molecule has 4 fully saturated rings. The van der Waals surface area contributed by atoms with E-state index in [-0.39, 0.29) is 42.1 Å². The molecule has 48 heavy (non-hydrogen) atoms. The molecule has 4 aromatic rings. The Morgan fingerprint density at radius 3 is 2.56 bits per heavy atom. The van der Waals surface area contributed by atoms with Crippen LogP contribution in [0.15, 0.2) is 48.5 Å². The number of phenolic OH excluding ortho intramolecular Hbond substituents is 1. The first kappa shape index (κ1) is 31.0. The van der Waals surface area contributed by atoms with E-state index in [1.807, 2.05) is 51.1 Å². The largest absolute Gasteiger partial charge is 0.508 e. The van der Waals surface area contributed by atoms with Gasteiger partial charge in [-0.3, -0.25) is 4.90 Å². The molecule has 3 aromatic carbocycles. The molecule has 0 spiro atoms. The second-order valence-corrected chi connectivity index (χ2v) is 14.9. The molecule has 4 atom stereocenters. The van der Waals surface area contributed by atoms with E-state index in [0.29, 0.717) is 48.4 Å². The lowest BCUT2D eigenvalue weighted by Gasteiger charge is -2.42. The number of rotatable bonds is 5. The Hall–Kier alpha value is -4.25. The van der Waals surface area contributed by atoms with E-state index in [2.05, 4.69) is 14.8 Å². The number of hydrogen-bond acceptors (Lipinski definition) is 8. The number of likely N-dealkylation sites (tertiary alicyclic amines) is 1. The van der Waals surface area contributed by atoms with E-state index in [1.165, 1.54) is 0 Å². The summed E-state index contributed by atoms with van der Waals surface area (Å²) < 4.78 is 43.5. The number of hydrogen-bond donors (Lipinski definition) is 1. The first-order valence-corrected chi connectivity index (χ1v) is 17.0. The highest BCUT2D eigenvalue weighted by atomic mass is 19.1. The van der Waals surface area contributed by atoms with E-state index in [9.17, 15) is 14.3 Å². The minimum atomic E-state index is -0.906. The molecule has 1 N–H and O–H groups in total. The van der Waals surface area contributed by atoms with Crippen LogP contribution in [0, 0.1) is 5.82 Å². The van der Waals surface area contributed by atoms with Crippen molar-refractivity contribution in [1.29, 1.82) is 0 Å². The van der Waals surface area contributed by atoms with Gasteiger partial charge in [0.1, 0.15) is 35.5 Å². The average molecular weight is 658 g/mol. The van der Waals surface area contributed by atoms with Crippen LogP contribution in [0.2, 0.25) is 0 Å². The van der Waals surface area contributed by atoms with Gasteiger partial charge in [0.25, 0.3) is 0 Å². The van der Waals surface area contributed by atoms with Gasteiger partial charge >= 0.3 is 12.1 Å². The molecule has 2 bridgehead atoms. The normalized spacial score (nSPS) is 25.6. The number of anilines is 1. The number of carbonyl (C=O) groups excluding carboxylic acids is 1. The first-order chi connectivity index (χ1) is 23.0. The van der Waals surface area contributed by atoms with E-state index in [0.717, 1.165) is 43.0 Å². The van der Waals surface area contributed by atoms with Crippen molar-refractivity contribution < 1.29 is 28.2 Å². The van der Waals surface area contributed by atoms with Crippen LogP contribution in [-0.2, 0) is 4.74 Å². The summed E-state index contributed by atoms with van der Waals surface area (Å²) in [6.45, 7) is 7.93. The number of aromatic hydroxyl groups is 1. The molecule has 1 amide bonds. The van der Waals surface area contributed by atoms with Crippen LogP contribution < -0.4 is 9.64 Å². The summed E-state index contributed by atoms with van der Waals surface area (Å²) in [6.07, 6.45) is 2.64. The summed E-state index contributed by atoms with van der Waals surface area (Å²) in [5.74, 6) is 0.0630. The Kier molecular flexibility index (Phi) is 7.39. The van der Waals surface area contributed by atoms with Crippen LogP contribution in [-0.4, -0.2) is 93.1 Å². The molecule has 0 unspecified atom stereocenters. The van der Waals surface area contributed by atoms with Gasteiger partial charge in [0.15, 0.2) is 5.82 Å². The van der Waals surface area contributed by atoms with Crippen LogP contribution >= 0.6 is 0 Å². The Labute approximate surface area is 278 Å². The van der Waals surface area contributed by atoms with E-state index in [1.54, 1.807) is 23.1 Å². The fraction of sp³-hybridized carbons (Fsp3) is 0.486. The lowest BCUT2D eigenvalue weighted by atomic mass is 9.95. The molecule has 252 valence electrons. The van der Waals surface area contributed by atoms with Gasteiger partial charge in [0.05, 0.1) is 5.54 Å². The minimum absolute atomic E-state index is 0.0399. The summed E-state index contributed by atoms with van der Waals surface area (Å²) in [5.41, 5.74) is -0.0475. The second kappa shape index (κ2) is 11.4. The molecule has 5 heterocycles. The van der Waals surface area contributed by atoms with Gasteiger partial charge < -0.3 is 24.4 Å². The van der Waals surface area contributed by atoms with Crippen LogP contribution in [0.5, 0.6) is 11.8 Å². The molecule has 0 aliphatic carbocycles. The van der Waals surface area contributed by atoms with E-state index < -0.39 is 23.1 Å².